The van der Waals surface area contributed by atoms with Gasteiger partial charge < -0.3 is 20.3 Å². The Balaban J connectivity index is 0.00000150. The number of thiazole rings is 1. The number of aromatic nitrogens is 1. The zero-order chi connectivity index (χ0) is 18.8. The minimum absolute atomic E-state index is 0. The third kappa shape index (κ3) is 5.16. The van der Waals surface area contributed by atoms with E-state index in [0.29, 0.717) is 23.1 Å². The largest absolute Gasteiger partial charge is 0.385 e. The lowest BCUT2D eigenvalue weighted by molar-refractivity contribution is 0.151. The van der Waals surface area contributed by atoms with Crippen molar-refractivity contribution >= 4 is 58.4 Å². The molecule has 2 aromatic rings. The second-order valence-corrected chi connectivity index (χ2v) is 7.52. The van der Waals surface area contributed by atoms with Crippen molar-refractivity contribution in [3.63, 3.8) is 0 Å². The standard InChI is InChI=1S/C18H21F2N5OS.2ClH/c1-26-9-6-11-10-25(8-7-21-11)16-14-17(27-18(24-14)15(19)20)23-13-5-3-2-4-12(13)22-16;;/h2-5,11,15,21,23H,6-10H2,1H3;2*1H. The summed E-state index contributed by atoms with van der Waals surface area (Å²) in [5.41, 5.74) is 2.08. The minimum atomic E-state index is -2.60. The Morgan fingerprint density at radius 3 is 2.86 bits per heavy atom. The summed E-state index contributed by atoms with van der Waals surface area (Å²) < 4.78 is 31.7. The molecule has 0 radical (unpaired) electrons. The zero-order valence-corrected chi connectivity index (χ0v) is 18.2. The van der Waals surface area contributed by atoms with Crippen molar-refractivity contribution in [1.82, 2.24) is 15.2 Å². The lowest BCUT2D eigenvalue weighted by Gasteiger charge is -2.35. The molecule has 6 nitrogen and oxygen atoms in total. The number of alkyl halides is 2. The van der Waals surface area contributed by atoms with Gasteiger partial charge in [0.1, 0.15) is 10.7 Å². The normalized spacial score (nSPS) is 17.9. The number of rotatable bonds is 4. The van der Waals surface area contributed by atoms with Crippen LogP contribution < -0.4 is 10.6 Å². The van der Waals surface area contributed by atoms with Crippen LogP contribution in [0.1, 0.15) is 23.5 Å². The summed E-state index contributed by atoms with van der Waals surface area (Å²) in [6.45, 7) is 2.93. The molecule has 1 aromatic carbocycles. The van der Waals surface area contributed by atoms with Gasteiger partial charge in [-0.1, -0.05) is 23.5 Å². The zero-order valence-electron chi connectivity index (χ0n) is 15.7. The number of methoxy groups -OCH3 is 1. The van der Waals surface area contributed by atoms with Gasteiger partial charge in [-0.2, -0.15) is 0 Å². The maximum absolute atomic E-state index is 13.3. The van der Waals surface area contributed by atoms with E-state index in [2.05, 4.69) is 20.5 Å². The summed E-state index contributed by atoms with van der Waals surface area (Å²) in [7, 11) is 1.69. The van der Waals surface area contributed by atoms with Crippen LogP contribution in [-0.4, -0.2) is 55.1 Å². The predicted octanol–water partition coefficient (Wildman–Crippen LogP) is 4.37. The molecule has 0 bridgehead atoms. The van der Waals surface area contributed by atoms with Gasteiger partial charge in [0.05, 0.1) is 11.4 Å². The maximum atomic E-state index is 13.3. The van der Waals surface area contributed by atoms with Gasteiger partial charge in [0, 0.05) is 39.4 Å². The Morgan fingerprint density at radius 1 is 1.31 bits per heavy atom. The number of para-hydroxylation sites is 2. The van der Waals surface area contributed by atoms with Crippen LogP contribution in [0.5, 0.6) is 0 Å². The second-order valence-electron chi connectivity index (χ2n) is 6.49. The Morgan fingerprint density at radius 2 is 2.10 bits per heavy atom. The van der Waals surface area contributed by atoms with Gasteiger partial charge in [-0.05, 0) is 18.6 Å². The number of hydrogen-bond acceptors (Lipinski definition) is 7. The Hall–Kier alpha value is -1.52. The number of benzene rings is 1. The van der Waals surface area contributed by atoms with Crippen LogP contribution in [0, 0.1) is 0 Å². The highest BCUT2D eigenvalue weighted by Crippen LogP contribution is 2.39. The molecule has 0 saturated carbocycles. The molecule has 1 saturated heterocycles. The molecule has 0 spiro atoms. The number of anilines is 2. The fraction of sp³-hybridized carbons (Fsp3) is 0.444. The number of fused-ring (bicyclic) bond motifs is 2. The number of aliphatic imine (C=N–C) groups is 1. The van der Waals surface area contributed by atoms with E-state index in [1.807, 2.05) is 24.3 Å². The van der Waals surface area contributed by atoms with E-state index in [0.717, 1.165) is 48.8 Å². The molecule has 3 heterocycles. The van der Waals surface area contributed by atoms with Gasteiger partial charge in [0.15, 0.2) is 10.8 Å². The van der Waals surface area contributed by atoms with E-state index in [4.69, 9.17) is 9.73 Å². The molecule has 1 atom stereocenters. The van der Waals surface area contributed by atoms with E-state index in [1.165, 1.54) is 0 Å². The van der Waals surface area contributed by atoms with Crippen LogP contribution in [0.15, 0.2) is 29.3 Å². The molecule has 11 heteroatoms. The van der Waals surface area contributed by atoms with E-state index in [9.17, 15) is 8.78 Å². The van der Waals surface area contributed by atoms with E-state index in [-0.39, 0.29) is 35.9 Å². The van der Waals surface area contributed by atoms with Gasteiger partial charge in [-0.3, -0.25) is 0 Å². The molecule has 2 N–H and O–H groups in total. The highest BCUT2D eigenvalue weighted by atomic mass is 35.5. The fourth-order valence-corrected chi connectivity index (χ4v) is 4.15. The molecule has 1 aromatic heterocycles. The van der Waals surface area contributed by atoms with Crippen LogP contribution in [0.2, 0.25) is 0 Å². The van der Waals surface area contributed by atoms with Gasteiger partial charge >= 0.3 is 0 Å². The number of nitrogens with one attached hydrogen (secondary N) is 2. The van der Waals surface area contributed by atoms with Crippen molar-refractivity contribution in [2.45, 2.75) is 18.9 Å². The van der Waals surface area contributed by atoms with E-state index in [1.54, 1.807) is 7.11 Å². The van der Waals surface area contributed by atoms with Crippen LogP contribution in [0.3, 0.4) is 0 Å². The molecule has 29 heavy (non-hydrogen) atoms. The topological polar surface area (TPSA) is 61.8 Å². The first-order chi connectivity index (χ1) is 13.2. The number of amidine groups is 1. The van der Waals surface area contributed by atoms with E-state index >= 15 is 0 Å². The molecular weight excluding hydrogens is 443 g/mol. The first-order valence-corrected chi connectivity index (χ1v) is 9.68. The first kappa shape index (κ1) is 23.8. The SMILES string of the molecule is COCCC1CN(C2=Nc3ccccc3Nc3sc(C(F)F)nc32)CCN1.Cl.Cl. The third-order valence-corrected chi connectivity index (χ3v) is 5.62. The van der Waals surface area contributed by atoms with Crippen molar-refractivity contribution in [2.75, 3.05) is 38.7 Å². The molecule has 0 amide bonds. The molecule has 0 aliphatic carbocycles. The lowest BCUT2D eigenvalue weighted by atomic mass is 10.1. The summed E-state index contributed by atoms with van der Waals surface area (Å²) in [5, 5.41) is 7.14. The van der Waals surface area contributed by atoms with Crippen LogP contribution >= 0.6 is 36.2 Å². The smallest absolute Gasteiger partial charge is 0.289 e. The average Bonchev–Trinajstić information content (AvgIpc) is 3.03. The Labute approximate surface area is 184 Å². The molecule has 1 unspecified atom stereocenters. The van der Waals surface area contributed by atoms with E-state index < -0.39 is 6.43 Å². The third-order valence-electron chi connectivity index (χ3n) is 4.65. The fourth-order valence-electron chi connectivity index (χ4n) is 3.32. The number of nitrogens with zero attached hydrogens (tertiary/aromatic N) is 3. The second kappa shape index (κ2) is 10.5. The maximum Gasteiger partial charge on any atom is 0.289 e. The first-order valence-electron chi connectivity index (χ1n) is 8.87. The molecule has 2 aliphatic rings. The molecular formula is C18H23Cl2F2N5OS. The Bertz CT molecular complexity index is 851. The molecule has 4 rings (SSSR count). The summed E-state index contributed by atoms with van der Waals surface area (Å²) in [6.07, 6.45) is -1.72. The summed E-state index contributed by atoms with van der Waals surface area (Å²) in [5.74, 6) is 0.648. The quantitative estimate of drug-likeness (QED) is 0.701. The molecule has 2 aliphatic heterocycles. The lowest BCUT2D eigenvalue weighted by Crippen LogP contribution is -2.53. The van der Waals surface area contributed by atoms with Crippen molar-refractivity contribution in [1.29, 1.82) is 0 Å². The van der Waals surface area contributed by atoms with Gasteiger partial charge in [-0.15, -0.1) is 24.8 Å². The highest BCUT2D eigenvalue weighted by Gasteiger charge is 2.30. The van der Waals surface area contributed by atoms with Gasteiger partial charge in [0.25, 0.3) is 6.43 Å². The predicted molar refractivity (Wildman–Crippen MR) is 117 cm³/mol. The molecule has 1 fully saturated rings. The molecule has 160 valence electrons. The van der Waals surface area contributed by atoms with Gasteiger partial charge in [0.2, 0.25) is 0 Å². The van der Waals surface area contributed by atoms with Crippen molar-refractivity contribution in [3.05, 3.63) is 35.0 Å². The van der Waals surface area contributed by atoms with Crippen LogP contribution in [0.4, 0.5) is 25.2 Å². The summed E-state index contributed by atoms with van der Waals surface area (Å²) in [6, 6.07) is 7.87. The van der Waals surface area contributed by atoms with Gasteiger partial charge in [-0.25, -0.2) is 18.8 Å². The number of piperazine rings is 1. The summed E-state index contributed by atoms with van der Waals surface area (Å²) in [4.78, 5) is 11.2. The average molecular weight is 466 g/mol. The van der Waals surface area contributed by atoms with Crippen molar-refractivity contribution in [3.8, 4) is 0 Å². The highest BCUT2D eigenvalue weighted by molar-refractivity contribution is 7.16. The minimum Gasteiger partial charge on any atom is -0.385 e. The summed E-state index contributed by atoms with van der Waals surface area (Å²) >= 11 is 0.987. The van der Waals surface area contributed by atoms with Crippen molar-refractivity contribution in [2.24, 2.45) is 4.99 Å². The number of halogens is 4. The van der Waals surface area contributed by atoms with Crippen LogP contribution in [-0.2, 0) is 4.74 Å². The Kier molecular flexibility index (Phi) is 8.59. The van der Waals surface area contributed by atoms with Crippen molar-refractivity contribution < 1.29 is 13.5 Å². The van der Waals surface area contributed by atoms with Crippen LogP contribution in [0.25, 0.3) is 0 Å². The number of hydrogen-bond donors (Lipinski definition) is 2. The monoisotopic (exact) mass is 465 g/mol. The number of ether oxygens (including phenoxy) is 1.